The van der Waals surface area contributed by atoms with Crippen molar-refractivity contribution >= 4 is 15.6 Å². The fourth-order valence-corrected chi connectivity index (χ4v) is 5.02. The Kier molecular flexibility index (Phi) is 6.36. The zero-order chi connectivity index (χ0) is 21.2. The van der Waals surface area contributed by atoms with Crippen molar-refractivity contribution in [1.29, 1.82) is 0 Å². The Morgan fingerprint density at radius 2 is 2.14 bits per heavy atom. The van der Waals surface area contributed by atoms with E-state index in [9.17, 15) is 9.32 Å². The number of hydrogen-bond donors (Lipinski definition) is 2. The minimum absolute atomic E-state index is 0.259. The van der Waals surface area contributed by atoms with E-state index in [1.54, 1.807) is 6.26 Å². The molecule has 2 aliphatic rings. The van der Waals surface area contributed by atoms with Gasteiger partial charge in [0.25, 0.3) is 0 Å². The molecule has 1 aromatic carbocycles. The molecule has 0 saturated heterocycles. The molecule has 158 valence electrons. The van der Waals surface area contributed by atoms with Gasteiger partial charge in [-0.15, -0.1) is 5.92 Å². The summed E-state index contributed by atoms with van der Waals surface area (Å²) in [6.45, 7) is 7.12. The molecule has 3 atom stereocenters. The minimum atomic E-state index is -2.14. The summed E-state index contributed by atoms with van der Waals surface area (Å²) in [6.07, 6.45) is 8.01. The fourth-order valence-electron chi connectivity index (χ4n) is 4.44. The summed E-state index contributed by atoms with van der Waals surface area (Å²) in [5, 5.41) is 10.8. The lowest BCUT2D eigenvalue weighted by atomic mass is 9.67. The Balaban J connectivity index is 1.70. The van der Waals surface area contributed by atoms with Crippen LogP contribution in [0.3, 0.4) is 0 Å². The third-order valence-corrected chi connectivity index (χ3v) is 6.68. The second kappa shape index (κ2) is 8.45. The van der Waals surface area contributed by atoms with Crippen LogP contribution >= 0.6 is 0 Å². The van der Waals surface area contributed by atoms with Crippen LogP contribution in [0.2, 0.25) is 0 Å². The summed E-state index contributed by atoms with van der Waals surface area (Å²) in [6, 6.07) is 3.89. The zero-order valence-corrected chi connectivity index (χ0v) is 18.8. The highest BCUT2D eigenvalue weighted by Crippen LogP contribution is 2.54. The number of fused-ring (bicyclic) bond motifs is 3. The molecule has 0 spiro atoms. The van der Waals surface area contributed by atoms with E-state index in [2.05, 4.69) is 49.3 Å². The smallest absolute Gasteiger partial charge is 0.127 e. The van der Waals surface area contributed by atoms with Crippen LogP contribution in [0.4, 0.5) is 0 Å². The molecular formula is C24H33NO3S. The highest BCUT2D eigenvalue weighted by molar-refractivity contribution is 7.97. The van der Waals surface area contributed by atoms with Gasteiger partial charge in [-0.05, 0) is 63.6 Å². The maximum atomic E-state index is 11.5. The molecule has 4 nitrogen and oxygen atoms in total. The molecule has 1 aromatic rings. The third-order valence-electron chi connectivity index (χ3n) is 5.87. The summed E-state index contributed by atoms with van der Waals surface area (Å²) in [7, 11) is -2.14. The van der Waals surface area contributed by atoms with Crippen LogP contribution in [0, 0.1) is 17.8 Å². The van der Waals surface area contributed by atoms with Gasteiger partial charge in [-0.2, -0.15) is 0 Å². The van der Waals surface area contributed by atoms with Gasteiger partial charge in [-0.25, -0.2) is 4.72 Å². The summed E-state index contributed by atoms with van der Waals surface area (Å²) in [5.74, 6) is 11.7. The van der Waals surface area contributed by atoms with Gasteiger partial charge in [-0.3, -0.25) is 4.21 Å². The van der Waals surface area contributed by atoms with Crippen LogP contribution in [0.25, 0.3) is 0 Å². The molecular weight excluding hydrogens is 382 g/mol. The van der Waals surface area contributed by atoms with E-state index in [0.717, 1.165) is 42.6 Å². The minimum Gasteiger partial charge on any atom is -0.508 e. The van der Waals surface area contributed by atoms with Gasteiger partial charge < -0.3 is 9.84 Å². The topological polar surface area (TPSA) is 58.6 Å². The number of aromatic hydroxyl groups is 1. The van der Waals surface area contributed by atoms with Crippen LogP contribution in [-0.4, -0.2) is 33.6 Å². The van der Waals surface area contributed by atoms with Gasteiger partial charge in [-0.1, -0.05) is 17.6 Å². The molecule has 0 fully saturated rings. The van der Waals surface area contributed by atoms with Gasteiger partial charge in [0.15, 0.2) is 0 Å². The fraction of sp³-hybridized carbons (Fsp3) is 0.542. The monoisotopic (exact) mass is 415 g/mol. The largest absolute Gasteiger partial charge is 0.508 e. The van der Waals surface area contributed by atoms with Gasteiger partial charge in [0.05, 0.1) is 0 Å². The van der Waals surface area contributed by atoms with E-state index < -0.39 is 9.71 Å². The third kappa shape index (κ3) is 5.38. The molecule has 1 heterocycles. The van der Waals surface area contributed by atoms with E-state index in [-0.39, 0.29) is 5.60 Å². The summed E-state index contributed by atoms with van der Waals surface area (Å²) in [5.41, 5.74) is 3.06. The first-order valence-electron chi connectivity index (χ1n) is 10.3. The van der Waals surface area contributed by atoms with Crippen molar-refractivity contribution in [3.8, 4) is 23.3 Å². The molecule has 0 saturated carbocycles. The van der Waals surface area contributed by atoms with Crippen LogP contribution in [-0.2, 0) is 16.1 Å². The molecule has 2 N–H and O–H groups in total. The maximum absolute atomic E-state index is 11.5. The first-order chi connectivity index (χ1) is 13.6. The molecule has 0 amide bonds. The molecule has 3 rings (SSSR count). The Morgan fingerprint density at radius 3 is 2.86 bits per heavy atom. The lowest BCUT2D eigenvalue weighted by Crippen LogP contribution is -2.45. The number of rotatable bonds is 5. The van der Waals surface area contributed by atoms with Crippen molar-refractivity contribution in [3.05, 3.63) is 34.9 Å². The van der Waals surface area contributed by atoms with Crippen molar-refractivity contribution in [2.24, 2.45) is 5.92 Å². The highest BCUT2D eigenvalue weighted by Gasteiger charge is 2.45. The van der Waals surface area contributed by atoms with Gasteiger partial charge in [0, 0.05) is 52.7 Å². The summed E-state index contributed by atoms with van der Waals surface area (Å²) >= 11 is 0. The van der Waals surface area contributed by atoms with Crippen LogP contribution < -0.4 is 9.46 Å². The van der Waals surface area contributed by atoms with Crippen molar-refractivity contribution in [1.82, 2.24) is 4.72 Å². The van der Waals surface area contributed by atoms with Crippen molar-refractivity contribution < 1.29 is 14.1 Å². The molecule has 29 heavy (non-hydrogen) atoms. The average molecular weight is 416 g/mol. The first kappa shape index (κ1) is 21.8. The molecule has 5 heteroatoms. The van der Waals surface area contributed by atoms with E-state index in [0.29, 0.717) is 30.6 Å². The number of unbranched alkanes of at least 4 members (excludes halogenated alkanes) is 1. The lowest BCUT2D eigenvalue weighted by molar-refractivity contribution is 0.00754. The van der Waals surface area contributed by atoms with Gasteiger partial charge >= 0.3 is 0 Å². The molecule has 0 bridgehead atoms. The molecule has 1 unspecified atom stereocenters. The van der Waals surface area contributed by atoms with E-state index >= 15 is 0 Å². The average Bonchev–Trinajstić information content (AvgIpc) is 2.58. The number of allylic oxidation sites excluding steroid dienone is 2. The quantitative estimate of drug-likeness (QED) is 0.328. The predicted octanol–water partition coefficient (Wildman–Crippen LogP) is 4.18. The maximum Gasteiger partial charge on any atom is 0.127 e. The summed E-state index contributed by atoms with van der Waals surface area (Å²) in [4.78, 5) is 0. The number of phenols is 1. The Hall–Kier alpha value is -1.90. The zero-order valence-electron chi connectivity index (χ0n) is 18.0. The molecule has 0 aromatic heterocycles. The van der Waals surface area contributed by atoms with E-state index in [1.807, 2.05) is 12.1 Å². The standard InChI is InChI=1S/C24H33NO3S/c1-17-11-12-20-19(14-17)23-21(26)15-18(16-22(23)28-24(20,2)3)10-8-6-7-9-13-25-29(4,5)27/h11,15-16,19-20,26H,4,7,9-10,12-14H2,1-3,5H3,(H,25,27)/t19-,20-,29?/m1/s1. The predicted molar refractivity (Wildman–Crippen MR) is 122 cm³/mol. The number of hydrogen-bond acceptors (Lipinski definition) is 3. The second-order valence-corrected chi connectivity index (χ2v) is 11.3. The van der Waals surface area contributed by atoms with Crippen molar-refractivity contribution in [2.45, 2.75) is 64.4 Å². The second-order valence-electron chi connectivity index (χ2n) is 8.97. The molecule has 0 radical (unpaired) electrons. The van der Waals surface area contributed by atoms with Crippen LogP contribution in [0.15, 0.2) is 23.8 Å². The van der Waals surface area contributed by atoms with Gasteiger partial charge in [0.1, 0.15) is 17.1 Å². The SMILES string of the molecule is C=S(C)(=O)NCCCC#CCc1cc(O)c2c(c1)OC(C)(C)[C@@H]1CC=C(C)C[C@@H]21. The van der Waals surface area contributed by atoms with E-state index in [4.69, 9.17) is 4.74 Å². The lowest BCUT2D eigenvalue weighted by Gasteiger charge is -2.47. The number of benzene rings is 1. The Labute approximate surface area is 175 Å². The van der Waals surface area contributed by atoms with Crippen LogP contribution in [0.5, 0.6) is 11.5 Å². The number of nitrogens with one attached hydrogen (secondary N) is 1. The molecule has 1 aliphatic carbocycles. The van der Waals surface area contributed by atoms with E-state index in [1.165, 1.54) is 5.57 Å². The van der Waals surface area contributed by atoms with Crippen molar-refractivity contribution in [3.63, 3.8) is 0 Å². The Bertz CT molecular complexity index is 964. The Morgan fingerprint density at radius 1 is 1.38 bits per heavy atom. The summed E-state index contributed by atoms with van der Waals surface area (Å²) < 4.78 is 20.7. The van der Waals surface area contributed by atoms with Crippen molar-refractivity contribution in [2.75, 3.05) is 12.8 Å². The van der Waals surface area contributed by atoms with Gasteiger partial charge in [0.2, 0.25) is 0 Å². The van der Waals surface area contributed by atoms with Crippen LogP contribution in [0.1, 0.15) is 63.5 Å². The highest BCUT2D eigenvalue weighted by atomic mass is 32.2. The number of phenolic OH excluding ortho intramolecular Hbond substituents is 1. The first-order valence-corrected chi connectivity index (χ1v) is 12.4. The molecule has 1 aliphatic heterocycles. The number of ether oxygens (including phenoxy) is 1. The normalized spacial score (nSPS) is 24.1.